The number of benzene rings is 1. The number of ether oxygens (including phenoxy) is 1. The third-order valence-electron chi connectivity index (χ3n) is 4.76. The first-order valence-electron chi connectivity index (χ1n) is 9.16. The van der Waals surface area contributed by atoms with Crippen molar-refractivity contribution >= 4 is 17.3 Å². The Morgan fingerprint density at radius 2 is 1.89 bits per heavy atom. The lowest BCUT2D eigenvalue weighted by Crippen LogP contribution is -2.25. The van der Waals surface area contributed by atoms with Crippen molar-refractivity contribution in [3.63, 3.8) is 0 Å². The summed E-state index contributed by atoms with van der Waals surface area (Å²) < 4.78 is 44.4. The third kappa shape index (κ3) is 4.94. The summed E-state index contributed by atoms with van der Waals surface area (Å²) in [5.74, 6) is -0.105. The fourth-order valence-corrected chi connectivity index (χ4v) is 3.28. The summed E-state index contributed by atoms with van der Waals surface area (Å²) in [5, 5.41) is 5.82. The van der Waals surface area contributed by atoms with Gasteiger partial charge in [-0.05, 0) is 37.1 Å². The van der Waals surface area contributed by atoms with Crippen LogP contribution in [0.25, 0.3) is 0 Å². The summed E-state index contributed by atoms with van der Waals surface area (Å²) in [7, 11) is 1.48. The molecule has 0 unspecified atom stereocenters. The molecule has 1 heterocycles. The minimum Gasteiger partial charge on any atom is -0.481 e. The number of pyridine rings is 1. The SMILES string of the molecule is COc1ccc(NC(=O)c2ccc(C(F)(F)F)cc2NC2CCCCC2)cn1. The summed E-state index contributed by atoms with van der Waals surface area (Å²) >= 11 is 0. The molecule has 0 bridgehead atoms. The third-order valence-corrected chi connectivity index (χ3v) is 4.76. The number of rotatable bonds is 5. The smallest absolute Gasteiger partial charge is 0.416 e. The Morgan fingerprint density at radius 1 is 1.14 bits per heavy atom. The zero-order valence-electron chi connectivity index (χ0n) is 15.5. The first kappa shape index (κ1) is 20.0. The summed E-state index contributed by atoms with van der Waals surface area (Å²) in [6.07, 6.45) is 1.87. The van der Waals surface area contributed by atoms with E-state index in [0.717, 1.165) is 44.2 Å². The average Bonchev–Trinajstić information content (AvgIpc) is 2.68. The molecule has 5 nitrogen and oxygen atoms in total. The molecule has 0 spiro atoms. The number of nitrogens with zero attached hydrogens (tertiary/aromatic N) is 1. The molecule has 0 saturated heterocycles. The molecule has 1 aliphatic rings. The standard InChI is InChI=1S/C20H22F3N3O2/c1-28-18-10-8-15(12-24-18)26-19(27)16-9-7-13(20(21,22)23)11-17(16)25-14-5-3-2-4-6-14/h7-12,14,25H,2-6H2,1H3,(H,26,27). The van der Waals surface area contributed by atoms with Crippen molar-refractivity contribution in [3.05, 3.63) is 47.7 Å². The van der Waals surface area contributed by atoms with Crippen LogP contribution >= 0.6 is 0 Å². The number of carbonyl (C=O) groups excluding carboxylic acids is 1. The van der Waals surface area contributed by atoms with E-state index in [1.165, 1.54) is 19.4 Å². The molecule has 1 saturated carbocycles. The van der Waals surface area contributed by atoms with E-state index in [1.54, 1.807) is 12.1 Å². The van der Waals surface area contributed by atoms with Gasteiger partial charge >= 0.3 is 6.18 Å². The molecule has 1 aromatic carbocycles. The number of hydrogen-bond acceptors (Lipinski definition) is 4. The van der Waals surface area contributed by atoms with Gasteiger partial charge in [-0.1, -0.05) is 19.3 Å². The van der Waals surface area contributed by atoms with Crippen LogP contribution in [-0.2, 0) is 6.18 Å². The maximum atomic E-state index is 13.1. The molecule has 1 amide bonds. The minimum absolute atomic E-state index is 0.0615. The predicted molar refractivity (Wildman–Crippen MR) is 101 cm³/mol. The van der Waals surface area contributed by atoms with E-state index in [0.29, 0.717) is 11.6 Å². The van der Waals surface area contributed by atoms with Crippen LogP contribution in [0, 0.1) is 0 Å². The first-order valence-corrected chi connectivity index (χ1v) is 9.16. The van der Waals surface area contributed by atoms with Gasteiger partial charge in [0.1, 0.15) is 0 Å². The molecule has 0 aliphatic heterocycles. The fourth-order valence-electron chi connectivity index (χ4n) is 3.28. The van der Waals surface area contributed by atoms with E-state index in [9.17, 15) is 18.0 Å². The van der Waals surface area contributed by atoms with Crippen LogP contribution in [0.3, 0.4) is 0 Å². The van der Waals surface area contributed by atoms with Gasteiger partial charge in [-0.15, -0.1) is 0 Å². The molecule has 3 rings (SSSR count). The lowest BCUT2D eigenvalue weighted by molar-refractivity contribution is -0.137. The molecular weight excluding hydrogens is 371 g/mol. The second kappa shape index (κ2) is 8.50. The molecule has 0 atom stereocenters. The lowest BCUT2D eigenvalue weighted by atomic mass is 9.94. The quantitative estimate of drug-likeness (QED) is 0.741. The van der Waals surface area contributed by atoms with Crippen molar-refractivity contribution in [2.75, 3.05) is 17.7 Å². The van der Waals surface area contributed by atoms with Crippen molar-refractivity contribution in [1.29, 1.82) is 0 Å². The minimum atomic E-state index is -4.47. The van der Waals surface area contributed by atoms with E-state index in [2.05, 4.69) is 15.6 Å². The van der Waals surface area contributed by atoms with Gasteiger partial charge in [0.05, 0.1) is 30.1 Å². The lowest BCUT2D eigenvalue weighted by Gasteiger charge is -2.25. The highest BCUT2D eigenvalue weighted by Gasteiger charge is 2.32. The molecule has 0 radical (unpaired) electrons. The van der Waals surface area contributed by atoms with Gasteiger partial charge in [0.25, 0.3) is 5.91 Å². The number of amides is 1. The van der Waals surface area contributed by atoms with Crippen LogP contribution in [0.5, 0.6) is 5.88 Å². The van der Waals surface area contributed by atoms with Gasteiger partial charge < -0.3 is 15.4 Å². The molecule has 28 heavy (non-hydrogen) atoms. The largest absolute Gasteiger partial charge is 0.481 e. The number of alkyl halides is 3. The molecule has 150 valence electrons. The van der Waals surface area contributed by atoms with Gasteiger partial charge in [0, 0.05) is 17.8 Å². The first-order chi connectivity index (χ1) is 13.4. The Kier molecular flexibility index (Phi) is 6.06. The van der Waals surface area contributed by atoms with Crippen LogP contribution in [-0.4, -0.2) is 24.0 Å². The number of carbonyl (C=O) groups is 1. The number of halogens is 3. The number of hydrogen-bond donors (Lipinski definition) is 2. The van der Waals surface area contributed by atoms with E-state index >= 15 is 0 Å². The zero-order valence-corrected chi connectivity index (χ0v) is 15.5. The molecule has 1 aliphatic carbocycles. The summed E-state index contributed by atoms with van der Waals surface area (Å²) in [6.45, 7) is 0. The molecule has 2 N–H and O–H groups in total. The molecule has 8 heteroatoms. The topological polar surface area (TPSA) is 63.2 Å². The highest BCUT2D eigenvalue weighted by molar-refractivity contribution is 6.08. The Labute approximate surface area is 161 Å². The highest BCUT2D eigenvalue weighted by Crippen LogP contribution is 2.33. The maximum Gasteiger partial charge on any atom is 0.416 e. The predicted octanol–water partition coefficient (Wildman–Crippen LogP) is 5.11. The van der Waals surface area contributed by atoms with Crippen molar-refractivity contribution in [2.24, 2.45) is 0 Å². The Balaban J connectivity index is 1.85. The summed E-state index contributed by atoms with van der Waals surface area (Å²) in [6, 6.07) is 6.40. The van der Waals surface area contributed by atoms with Crippen molar-refractivity contribution < 1.29 is 22.7 Å². The average molecular weight is 393 g/mol. The van der Waals surface area contributed by atoms with Crippen LogP contribution in [0.15, 0.2) is 36.5 Å². The van der Waals surface area contributed by atoms with E-state index in [4.69, 9.17) is 4.74 Å². The zero-order chi connectivity index (χ0) is 20.1. The van der Waals surface area contributed by atoms with Gasteiger partial charge in [-0.2, -0.15) is 13.2 Å². The van der Waals surface area contributed by atoms with E-state index < -0.39 is 17.6 Å². The van der Waals surface area contributed by atoms with Gasteiger partial charge in [0.2, 0.25) is 5.88 Å². The summed E-state index contributed by atoms with van der Waals surface area (Å²) in [4.78, 5) is 16.7. The monoisotopic (exact) mass is 393 g/mol. The number of aromatic nitrogens is 1. The Hall–Kier alpha value is -2.77. The fraction of sp³-hybridized carbons (Fsp3) is 0.400. The molecular formula is C20H22F3N3O2. The number of methoxy groups -OCH3 is 1. The van der Waals surface area contributed by atoms with Crippen molar-refractivity contribution in [1.82, 2.24) is 4.98 Å². The van der Waals surface area contributed by atoms with Crippen molar-refractivity contribution in [2.45, 2.75) is 44.3 Å². The number of anilines is 2. The molecule has 1 aromatic heterocycles. The Bertz CT molecular complexity index is 816. The van der Waals surface area contributed by atoms with Crippen LogP contribution in [0.2, 0.25) is 0 Å². The van der Waals surface area contributed by atoms with Gasteiger partial charge in [-0.3, -0.25) is 4.79 Å². The van der Waals surface area contributed by atoms with Crippen LogP contribution < -0.4 is 15.4 Å². The second-order valence-corrected chi connectivity index (χ2v) is 6.78. The normalized spacial score (nSPS) is 15.1. The van der Waals surface area contributed by atoms with E-state index in [-0.39, 0.29) is 17.3 Å². The number of nitrogens with one attached hydrogen (secondary N) is 2. The summed E-state index contributed by atoms with van der Waals surface area (Å²) in [5.41, 5.74) is -0.00197. The molecule has 1 fully saturated rings. The van der Waals surface area contributed by atoms with Crippen molar-refractivity contribution in [3.8, 4) is 5.88 Å². The maximum absolute atomic E-state index is 13.1. The van der Waals surface area contributed by atoms with E-state index in [1.807, 2.05) is 0 Å². The van der Waals surface area contributed by atoms with Gasteiger partial charge in [-0.25, -0.2) is 4.98 Å². The second-order valence-electron chi connectivity index (χ2n) is 6.78. The highest BCUT2D eigenvalue weighted by atomic mass is 19.4. The van der Waals surface area contributed by atoms with Crippen LogP contribution in [0.1, 0.15) is 48.0 Å². The Morgan fingerprint density at radius 3 is 2.50 bits per heavy atom. The van der Waals surface area contributed by atoms with Gasteiger partial charge in [0.15, 0.2) is 0 Å². The van der Waals surface area contributed by atoms with Crippen LogP contribution in [0.4, 0.5) is 24.5 Å². The molecule has 2 aromatic rings.